The Hall–Kier alpha value is -1.32. The van der Waals surface area contributed by atoms with Crippen molar-refractivity contribution in [2.75, 3.05) is 0 Å². The highest BCUT2D eigenvalue weighted by atomic mass is 16.5. The van der Waals surface area contributed by atoms with Crippen molar-refractivity contribution in [3.05, 3.63) is 12.2 Å². The molecule has 0 fully saturated rings. The molecule has 39 heavy (non-hydrogen) atoms. The standard InChI is InChI=1S/C35H66O4/c1-3-5-7-8-9-10-11-12-13-14-15-16-17-18-19-20-21-22-23-24-25-26-27-32-35(38)39-33(29-6-4-2)30-28-31-34(36)37/h14-15,33H,3-13,16-32H2,1-2H3,(H,36,37)/b15-14-. The maximum absolute atomic E-state index is 12.2. The Labute approximate surface area is 243 Å². The fourth-order valence-electron chi connectivity index (χ4n) is 5.17. The topological polar surface area (TPSA) is 63.6 Å². The van der Waals surface area contributed by atoms with Gasteiger partial charge in [0.2, 0.25) is 0 Å². The summed E-state index contributed by atoms with van der Waals surface area (Å²) >= 11 is 0. The molecule has 0 aromatic carbocycles. The van der Waals surface area contributed by atoms with Crippen LogP contribution in [0.15, 0.2) is 12.2 Å². The lowest BCUT2D eigenvalue weighted by Gasteiger charge is -2.17. The molecule has 0 aromatic heterocycles. The van der Waals surface area contributed by atoms with E-state index in [0.717, 1.165) is 32.1 Å². The number of carboxylic acid groups (broad SMARTS) is 1. The highest BCUT2D eigenvalue weighted by Crippen LogP contribution is 2.16. The Morgan fingerprint density at radius 1 is 0.538 bits per heavy atom. The molecule has 0 aromatic rings. The lowest BCUT2D eigenvalue weighted by Crippen LogP contribution is -2.18. The Kier molecular flexibility index (Phi) is 30.2. The number of aliphatic carboxylic acids is 1. The summed E-state index contributed by atoms with van der Waals surface area (Å²) in [5, 5.41) is 8.82. The third-order valence-electron chi connectivity index (χ3n) is 7.74. The van der Waals surface area contributed by atoms with Crippen molar-refractivity contribution >= 4 is 11.9 Å². The van der Waals surface area contributed by atoms with Crippen LogP contribution in [0.5, 0.6) is 0 Å². The van der Waals surface area contributed by atoms with Gasteiger partial charge in [-0.2, -0.15) is 0 Å². The van der Waals surface area contributed by atoms with E-state index in [-0.39, 0.29) is 18.5 Å². The molecule has 4 nitrogen and oxygen atoms in total. The van der Waals surface area contributed by atoms with Crippen LogP contribution in [-0.2, 0) is 14.3 Å². The van der Waals surface area contributed by atoms with Crippen LogP contribution in [0.2, 0.25) is 0 Å². The number of carbonyl (C=O) groups is 2. The Balaban J connectivity index is 3.42. The van der Waals surface area contributed by atoms with E-state index in [1.165, 1.54) is 122 Å². The van der Waals surface area contributed by atoms with Gasteiger partial charge in [0.1, 0.15) is 6.10 Å². The summed E-state index contributed by atoms with van der Waals surface area (Å²) < 4.78 is 5.65. The molecule has 0 spiro atoms. The van der Waals surface area contributed by atoms with E-state index >= 15 is 0 Å². The second-order valence-corrected chi connectivity index (χ2v) is 11.7. The van der Waals surface area contributed by atoms with E-state index in [0.29, 0.717) is 19.3 Å². The minimum Gasteiger partial charge on any atom is -0.481 e. The maximum Gasteiger partial charge on any atom is 0.306 e. The molecule has 0 rings (SSSR count). The van der Waals surface area contributed by atoms with Crippen molar-refractivity contribution < 1.29 is 19.4 Å². The fraction of sp³-hybridized carbons (Fsp3) is 0.886. The summed E-state index contributed by atoms with van der Waals surface area (Å²) in [6.45, 7) is 4.40. The monoisotopic (exact) mass is 550 g/mol. The number of hydrogen-bond acceptors (Lipinski definition) is 3. The molecule has 0 aliphatic rings. The summed E-state index contributed by atoms with van der Waals surface area (Å²) in [6, 6.07) is 0. The molecule has 0 radical (unpaired) electrons. The number of carboxylic acids is 1. The molecule has 0 saturated heterocycles. The highest BCUT2D eigenvalue weighted by molar-refractivity contribution is 5.69. The molecule has 0 aliphatic heterocycles. The zero-order chi connectivity index (χ0) is 28.7. The molecular weight excluding hydrogens is 484 g/mol. The van der Waals surface area contributed by atoms with Gasteiger partial charge in [-0.05, 0) is 51.4 Å². The maximum atomic E-state index is 12.2. The van der Waals surface area contributed by atoms with Crippen LogP contribution in [0.1, 0.15) is 194 Å². The zero-order valence-corrected chi connectivity index (χ0v) is 26.2. The lowest BCUT2D eigenvalue weighted by molar-refractivity contribution is -0.150. The Bertz CT molecular complexity index is 557. The number of hydrogen-bond donors (Lipinski definition) is 1. The smallest absolute Gasteiger partial charge is 0.306 e. The van der Waals surface area contributed by atoms with Crippen molar-refractivity contribution in [2.24, 2.45) is 0 Å². The first-order chi connectivity index (χ1) is 19.1. The average Bonchev–Trinajstić information content (AvgIpc) is 2.91. The lowest BCUT2D eigenvalue weighted by atomic mass is 10.0. The average molecular weight is 551 g/mol. The molecule has 1 unspecified atom stereocenters. The Morgan fingerprint density at radius 3 is 1.41 bits per heavy atom. The predicted octanol–water partition coefficient (Wildman–Crippen LogP) is 11.5. The molecule has 0 amide bonds. The van der Waals surface area contributed by atoms with Crippen LogP contribution in [0.4, 0.5) is 0 Å². The van der Waals surface area contributed by atoms with E-state index < -0.39 is 5.97 Å². The van der Waals surface area contributed by atoms with Crippen molar-refractivity contribution in [3.8, 4) is 0 Å². The number of esters is 1. The third-order valence-corrected chi connectivity index (χ3v) is 7.74. The predicted molar refractivity (Wildman–Crippen MR) is 167 cm³/mol. The molecule has 1 atom stereocenters. The van der Waals surface area contributed by atoms with Gasteiger partial charge in [0.05, 0.1) is 0 Å². The number of unbranched alkanes of at least 4 members (excludes halogenated alkanes) is 20. The fourth-order valence-corrected chi connectivity index (χ4v) is 5.17. The van der Waals surface area contributed by atoms with Gasteiger partial charge in [-0.15, -0.1) is 0 Å². The second kappa shape index (κ2) is 31.2. The van der Waals surface area contributed by atoms with Crippen LogP contribution in [-0.4, -0.2) is 23.1 Å². The van der Waals surface area contributed by atoms with E-state index in [4.69, 9.17) is 9.84 Å². The van der Waals surface area contributed by atoms with E-state index in [1.54, 1.807) is 0 Å². The van der Waals surface area contributed by atoms with Gasteiger partial charge >= 0.3 is 11.9 Å². The number of carbonyl (C=O) groups excluding carboxylic acids is 1. The molecule has 0 aliphatic carbocycles. The second-order valence-electron chi connectivity index (χ2n) is 11.7. The van der Waals surface area contributed by atoms with Crippen molar-refractivity contribution in [1.29, 1.82) is 0 Å². The molecule has 230 valence electrons. The zero-order valence-electron chi connectivity index (χ0n) is 26.2. The first kappa shape index (κ1) is 37.7. The van der Waals surface area contributed by atoms with Gasteiger partial charge < -0.3 is 9.84 Å². The summed E-state index contributed by atoms with van der Waals surface area (Å²) in [6.07, 6.45) is 37.3. The normalized spacial score (nSPS) is 12.3. The van der Waals surface area contributed by atoms with Gasteiger partial charge in [0.15, 0.2) is 0 Å². The quantitative estimate of drug-likeness (QED) is 0.0529. The van der Waals surface area contributed by atoms with Gasteiger partial charge in [0.25, 0.3) is 0 Å². The van der Waals surface area contributed by atoms with Gasteiger partial charge in [-0.1, -0.05) is 142 Å². The first-order valence-corrected chi connectivity index (χ1v) is 17.2. The van der Waals surface area contributed by atoms with Crippen molar-refractivity contribution in [2.45, 2.75) is 200 Å². The summed E-state index contributed by atoms with van der Waals surface area (Å²) in [5.74, 6) is -0.885. The molecular formula is C35H66O4. The molecule has 1 N–H and O–H groups in total. The van der Waals surface area contributed by atoms with Crippen LogP contribution in [0.3, 0.4) is 0 Å². The van der Waals surface area contributed by atoms with Crippen LogP contribution in [0.25, 0.3) is 0 Å². The number of ether oxygens (including phenoxy) is 1. The summed E-state index contributed by atoms with van der Waals surface area (Å²) in [4.78, 5) is 22.9. The SMILES string of the molecule is CCCCCCCCCC/C=C\CCCCCCCCCCCCCC(=O)OC(CCCC)CCCC(=O)O. The number of allylic oxidation sites excluding steroid dienone is 2. The van der Waals surface area contributed by atoms with Gasteiger partial charge in [-0.25, -0.2) is 0 Å². The van der Waals surface area contributed by atoms with Crippen LogP contribution in [0, 0.1) is 0 Å². The molecule has 0 bridgehead atoms. The van der Waals surface area contributed by atoms with Crippen LogP contribution >= 0.6 is 0 Å². The number of rotatable bonds is 31. The molecule has 0 saturated carbocycles. The van der Waals surface area contributed by atoms with E-state index in [9.17, 15) is 9.59 Å². The van der Waals surface area contributed by atoms with Crippen molar-refractivity contribution in [3.63, 3.8) is 0 Å². The van der Waals surface area contributed by atoms with E-state index in [2.05, 4.69) is 26.0 Å². The highest BCUT2D eigenvalue weighted by Gasteiger charge is 2.14. The minimum absolute atomic E-state index is 0.106. The summed E-state index contributed by atoms with van der Waals surface area (Å²) in [5.41, 5.74) is 0. The van der Waals surface area contributed by atoms with Crippen molar-refractivity contribution in [1.82, 2.24) is 0 Å². The summed E-state index contributed by atoms with van der Waals surface area (Å²) in [7, 11) is 0. The molecule has 0 heterocycles. The van der Waals surface area contributed by atoms with E-state index in [1.807, 2.05) is 0 Å². The minimum atomic E-state index is -0.779. The Morgan fingerprint density at radius 2 is 0.949 bits per heavy atom. The largest absolute Gasteiger partial charge is 0.481 e. The third kappa shape index (κ3) is 31.1. The van der Waals surface area contributed by atoms with Gasteiger partial charge in [0, 0.05) is 12.8 Å². The molecule has 4 heteroatoms. The van der Waals surface area contributed by atoms with Crippen LogP contribution < -0.4 is 0 Å². The van der Waals surface area contributed by atoms with Gasteiger partial charge in [-0.3, -0.25) is 9.59 Å². The first-order valence-electron chi connectivity index (χ1n) is 17.2.